The molecule has 0 spiro atoms. The topological polar surface area (TPSA) is 93.0 Å². The molecule has 8 nitrogen and oxygen atoms in total. The largest absolute Gasteiger partial charge is 0.483 e. The number of methoxy groups -OCH3 is 2. The molecule has 0 saturated carbocycles. The van der Waals surface area contributed by atoms with Gasteiger partial charge in [-0.1, -0.05) is 13.8 Å². The van der Waals surface area contributed by atoms with Crippen LogP contribution in [-0.2, 0) is 14.2 Å². The highest BCUT2D eigenvalue weighted by Gasteiger charge is 2.44. The van der Waals surface area contributed by atoms with Crippen LogP contribution >= 0.6 is 11.8 Å². The molecule has 1 amide bonds. The lowest BCUT2D eigenvalue weighted by atomic mass is 9.99. The predicted octanol–water partition coefficient (Wildman–Crippen LogP) is 2.15. The van der Waals surface area contributed by atoms with Crippen molar-refractivity contribution in [2.45, 2.75) is 64.4 Å². The van der Waals surface area contributed by atoms with E-state index in [-0.39, 0.29) is 12.0 Å². The molecule has 2 aliphatic rings. The molecule has 0 bridgehead atoms. The molecule has 2 heterocycles. The molecule has 1 fully saturated rings. The molecule has 2 rings (SSSR count). The second-order valence-corrected chi connectivity index (χ2v) is 8.98. The van der Waals surface area contributed by atoms with Crippen molar-refractivity contribution < 1.29 is 24.1 Å². The molecule has 1 saturated heterocycles. The zero-order valence-corrected chi connectivity index (χ0v) is 17.9. The Morgan fingerprint density at radius 1 is 1.19 bits per heavy atom. The van der Waals surface area contributed by atoms with E-state index in [4.69, 9.17) is 14.2 Å². The number of carbonyl (C=O) groups excluding carboxylic acids is 1. The quantitative estimate of drug-likeness (QED) is 0.779. The molecule has 27 heavy (non-hydrogen) atoms. The van der Waals surface area contributed by atoms with E-state index in [1.165, 1.54) is 7.11 Å². The van der Waals surface area contributed by atoms with Crippen LogP contribution in [0.25, 0.3) is 0 Å². The van der Waals surface area contributed by atoms with Gasteiger partial charge in [-0.2, -0.15) is 0 Å². The fourth-order valence-corrected chi connectivity index (χ4v) is 4.22. The summed E-state index contributed by atoms with van der Waals surface area (Å²) < 4.78 is 16.3. The van der Waals surface area contributed by atoms with Crippen LogP contribution in [0.15, 0.2) is 9.98 Å². The molecular weight excluding hydrogens is 370 g/mol. The van der Waals surface area contributed by atoms with Crippen molar-refractivity contribution in [1.29, 1.82) is 0 Å². The van der Waals surface area contributed by atoms with E-state index in [2.05, 4.69) is 9.98 Å². The molecule has 9 heteroatoms. The van der Waals surface area contributed by atoms with Crippen LogP contribution in [0, 0.1) is 5.92 Å². The highest BCUT2D eigenvalue weighted by Crippen LogP contribution is 2.29. The second-order valence-electron chi connectivity index (χ2n) is 7.98. The van der Waals surface area contributed by atoms with Gasteiger partial charge in [0.2, 0.25) is 11.8 Å². The fourth-order valence-electron chi connectivity index (χ4n) is 3.00. The minimum atomic E-state index is -0.982. The van der Waals surface area contributed by atoms with Crippen LogP contribution in [0.4, 0.5) is 4.79 Å². The zero-order valence-electron chi connectivity index (χ0n) is 17.1. The number of aliphatic imine (C=N–C) groups is 2. The van der Waals surface area contributed by atoms with Crippen molar-refractivity contribution in [3.05, 3.63) is 0 Å². The minimum Gasteiger partial charge on any atom is -0.483 e. The Morgan fingerprint density at radius 3 is 2.26 bits per heavy atom. The Bertz CT molecular complexity index is 602. The van der Waals surface area contributed by atoms with Gasteiger partial charge in [-0.3, -0.25) is 4.90 Å². The van der Waals surface area contributed by atoms with Gasteiger partial charge in [-0.25, -0.2) is 14.8 Å². The van der Waals surface area contributed by atoms with Gasteiger partial charge in [0.05, 0.1) is 26.1 Å². The Balaban J connectivity index is 2.24. The monoisotopic (exact) mass is 401 g/mol. The van der Waals surface area contributed by atoms with E-state index in [9.17, 15) is 9.90 Å². The lowest BCUT2D eigenvalue weighted by molar-refractivity contribution is 0.00526. The maximum Gasteiger partial charge on any atom is 0.411 e. The van der Waals surface area contributed by atoms with Crippen molar-refractivity contribution >= 4 is 29.7 Å². The number of aliphatic hydroxyl groups is 1. The molecule has 0 aromatic heterocycles. The van der Waals surface area contributed by atoms with Gasteiger partial charge in [-0.05, 0) is 26.7 Å². The van der Waals surface area contributed by atoms with E-state index < -0.39 is 29.9 Å². The molecule has 0 aromatic rings. The number of amides is 1. The summed E-state index contributed by atoms with van der Waals surface area (Å²) in [5, 5.41) is 11.0. The van der Waals surface area contributed by atoms with Crippen molar-refractivity contribution in [3.63, 3.8) is 0 Å². The summed E-state index contributed by atoms with van der Waals surface area (Å²) in [6.45, 7) is 9.49. The average molecular weight is 402 g/mol. The van der Waals surface area contributed by atoms with E-state index in [0.29, 0.717) is 23.4 Å². The maximum absolute atomic E-state index is 12.5. The van der Waals surface area contributed by atoms with E-state index in [1.807, 2.05) is 34.6 Å². The van der Waals surface area contributed by atoms with Crippen LogP contribution < -0.4 is 0 Å². The molecule has 0 unspecified atom stereocenters. The first-order chi connectivity index (χ1) is 12.6. The summed E-state index contributed by atoms with van der Waals surface area (Å²) in [5.41, 5.74) is -0.602. The first-order valence-electron chi connectivity index (χ1n) is 9.07. The lowest BCUT2D eigenvalue weighted by Gasteiger charge is -2.34. The summed E-state index contributed by atoms with van der Waals surface area (Å²) in [4.78, 5) is 23.2. The minimum absolute atomic E-state index is 0.173. The van der Waals surface area contributed by atoms with Gasteiger partial charge < -0.3 is 19.3 Å². The van der Waals surface area contributed by atoms with Gasteiger partial charge in [0.1, 0.15) is 17.7 Å². The van der Waals surface area contributed by atoms with Crippen LogP contribution in [0.2, 0.25) is 0 Å². The maximum atomic E-state index is 12.5. The number of carbonyl (C=O) groups is 1. The van der Waals surface area contributed by atoms with Gasteiger partial charge >= 0.3 is 6.09 Å². The number of hydrogen-bond acceptors (Lipinski definition) is 8. The molecular formula is C18H31N3O5S. The number of rotatable bonds is 3. The first-order valence-corrected chi connectivity index (χ1v) is 10.2. The smallest absolute Gasteiger partial charge is 0.411 e. The normalized spacial score (nSPS) is 27.1. The standard InChI is InChI=1S/C18H31N3O5S/c1-10(2)12-15(24-6)20-13(16(19-12)25-7)14(22)11-8-27-9-21(11)17(23)26-18(3,4)5/h10-14,22H,8-9H2,1-7H3/t11-,12+,13-,14-/m0/s1. The SMILES string of the molecule is COC1=N[C@H](C(C)C)C(OC)=N[C@H]1[C@@H](O)[C@@H]1CSCN1C(=O)OC(C)(C)C. The Morgan fingerprint density at radius 2 is 1.74 bits per heavy atom. The summed E-state index contributed by atoms with van der Waals surface area (Å²) in [5.74, 6) is 2.03. The number of aliphatic hydroxyl groups excluding tert-OH is 1. The third-order valence-electron chi connectivity index (χ3n) is 4.35. The van der Waals surface area contributed by atoms with Gasteiger partial charge in [0.15, 0.2) is 6.04 Å². The van der Waals surface area contributed by atoms with Crippen molar-refractivity contribution in [2.24, 2.45) is 15.9 Å². The fraction of sp³-hybridized carbons (Fsp3) is 0.833. The van der Waals surface area contributed by atoms with Crippen LogP contribution in [0.5, 0.6) is 0 Å². The summed E-state index contributed by atoms with van der Waals surface area (Å²) in [6, 6.07) is -1.44. The summed E-state index contributed by atoms with van der Waals surface area (Å²) >= 11 is 1.56. The molecule has 4 atom stereocenters. The molecule has 1 N–H and O–H groups in total. The van der Waals surface area contributed by atoms with Crippen LogP contribution in [0.3, 0.4) is 0 Å². The van der Waals surface area contributed by atoms with Gasteiger partial charge in [0, 0.05) is 5.75 Å². The molecule has 2 aliphatic heterocycles. The molecule has 0 aromatic carbocycles. The van der Waals surface area contributed by atoms with E-state index >= 15 is 0 Å². The highest BCUT2D eigenvalue weighted by atomic mass is 32.2. The van der Waals surface area contributed by atoms with E-state index in [0.717, 1.165) is 0 Å². The Hall–Kier alpha value is -1.48. The predicted molar refractivity (Wildman–Crippen MR) is 106 cm³/mol. The van der Waals surface area contributed by atoms with Gasteiger partial charge in [-0.15, -0.1) is 11.8 Å². The van der Waals surface area contributed by atoms with E-state index in [1.54, 1.807) is 23.8 Å². The summed E-state index contributed by atoms with van der Waals surface area (Å²) in [7, 11) is 3.06. The van der Waals surface area contributed by atoms with Gasteiger partial charge in [0.25, 0.3) is 0 Å². The third kappa shape index (κ3) is 5.07. The third-order valence-corrected chi connectivity index (χ3v) is 5.39. The number of ether oxygens (including phenoxy) is 3. The van der Waals surface area contributed by atoms with Crippen molar-refractivity contribution in [1.82, 2.24) is 4.90 Å². The number of nitrogens with zero attached hydrogens (tertiary/aromatic N) is 3. The summed E-state index contributed by atoms with van der Waals surface area (Å²) in [6.07, 6.45) is -1.43. The van der Waals surface area contributed by atoms with Crippen LogP contribution in [0.1, 0.15) is 34.6 Å². The Labute approximate surface area is 165 Å². The average Bonchev–Trinajstić information content (AvgIpc) is 3.08. The second kappa shape index (κ2) is 8.68. The van der Waals surface area contributed by atoms with Crippen LogP contribution in [-0.4, -0.2) is 83.6 Å². The number of thioether (sulfide) groups is 1. The molecule has 0 radical (unpaired) electrons. The molecule has 154 valence electrons. The number of hydrogen-bond donors (Lipinski definition) is 1. The highest BCUT2D eigenvalue weighted by molar-refractivity contribution is 7.99. The zero-order chi connectivity index (χ0) is 20.4. The lowest BCUT2D eigenvalue weighted by Crippen LogP contribution is -2.53. The Kier molecular flexibility index (Phi) is 7.02. The van der Waals surface area contributed by atoms with Crippen molar-refractivity contribution in [2.75, 3.05) is 25.8 Å². The molecule has 0 aliphatic carbocycles. The van der Waals surface area contributed by atoms with Crippen molar-refractivity contribution in [3.8, 4) is 0 Å². The first kappa shape index (κ1) is 21.8.